The molecule has 1 fully saturated rings. The van der Waals surface area contributed by atoms with Crippen molar-refractivity contribution >= 4 is 5.91 Å². The van der Waals surface area contributed by atoms with E-state index in [0.29, 0.717) is 11.3 Å². The molecule has 1 saturated carbocycles. The molecule has 0 aliphatic heterocycles. The second-order valence-corrected chi connectivity index (χ2v) is 7.34. The quantitative estimate of drug-likeness (QED) is 0.914. The lowest BCUT2D eigenvalue weighted by molar-refractivity contribution is -0.130. The van der Waals surface area contributed by atoms with Crippen molar-refractivity contribution in [2.45, 2.75) is 57.5 Å². The average molecular weight is 357 g/mol. The summed E-state index contributed by atoms with van der Waals surface area (Å²) in [6.45, 7) is 3.38. The normalized spacial score (nSPS) is 15.7. The molecule has 0 unspecified atom stereocenters. The molecule has 0 spiro atoms. The van der Waals surface area contributed by atoms with Gasteiger partial charge in [-0.25, -0.2) is 9.07 Å². The van der Waals surface area contributed by atoms with Gasteiger partial charge in [-0.3, -0.25) is 9.59 Å². The largest absolute Gasteiger partial charge is 0.351 e. The predicted molar refractivity (Wildman–Crippen MR) is 98.2 cm³/mol. The standard InChI is InChI=1S/C20H24FN3O2/c1-20(2,19(26)22-16-6-4-3-5-7-16)24-18(25)13-12-17(23-24)14-8-10-15(21)11-9-14/h8-13,16H,3-7H2,1-2H3,(H,22,26). The molecule has 0 bridgehead atoms. The van der Waals surface area contributed by atoms with Crippen molar-refractivity contribution in [2.75, 3.05) is 0 Å². The SMILES string of the molecule is CC(C)(C(=O)NC1CCCCC1)n1nc(-c2ccc(F)cc2)ccc1=O. The molecule has 3 rings (SSSR count). The van der Waals surface area contributed by atoms with Crippen LogP contribution < -0.4 is 10.9 Å². The van der Waals surface area contributed by atoms with E-state index in [0.717, 1.165) is 25.7 Å². The Kier molecular flexibility index (Phi) is 5.20. The summed E-state index contributed by atoms with van der Waals surface area (Å²) in [7, 11) is 0. The minimum Gasteiger partial charge on any atom is -0.351 e. The second kappa shape index (κ2) is 7.40. The first-order valence-electron chi connectivity index (χ1n) is 9.06. The fourth-order valence-electron chi connectivity index (χ4n) is 3.29. The molecule has 0 saturated heterocycles. The van der Waals surface area contributed by atoms with Gasteiger partial charge in [-0.1, -0.05) is 19.3 Å². The summed E-state index contributed by atoms with van der Waals surface area (Å²) in [6, 6.07) is 9.01. The first-order chi connectivity index (χ1) is 12.4. The number of hydrogen-bond acceptors (Lipinski definition) is 3. The molecule has 5 nitrogen and oxygen atoms in total. The zero-order valence-electron chi connectivity index (χ0n) is 15.2. The maximum absolute atomic E-state index is 13.1. The molecule has 2 aromatic rings. The molecule has 26 heavy (non-hydrogen) atoms. The van der Waals surface area contributed by atoms with Gasteiger partial charge >= 0.3 is 0 Å². The number of carbonyl (C=O) groups excluding carboxylic acids is 1. The van der Waals surface area contributed by atoms with E-state index in [1.165, 1.54) is 29.3 Å². The van der Waals surface area contributed by atoms with Crippen molar-refractivity contribution in [2.24, 2.45) is 0 Å². The number of carbonyl (C=O) groups is 1. The third kappa shape index (κ3) is 3.84. The molecular formula is C20H24FN3O2. The van der Waals surface area contributed by atoms with Crippen LogP contribution in [0.2, 0.25) is 0 Å². The van der Waals surface area contributed by atoms with E-state index >= 15 is 0 Å². The molecule has 138 valence electrons. The van der Waals surface area contributed by atoms with Crippen LogP contribution in [0.5, 0.6) is 0 Å². The maximum Gasteiger partial charge on any atom is 0.267 e. The Labute approximate surface area is 152 Å². The van der Waals surface area contributed by atoms with Gasteiger partial charge in [-0.15, -0.1) is 0 Å². The molecule has 1 heterocycles. The van der Waals surface area contributed by atoms with Gasteiger partial charge in [0.2, 0.25) is 5.91 Å². The Balaban J connectivity index is 1.88. The fraction of sp³-hybridized carbons (Fsp3) is 0.450. The highest BCUT2D eigenvalue weighted by molar-refractivity contribution is 5.83. The zero-order chi connectivity index (χ0) is 18.7. The third-order valence-electron chi connectivity index (χ3n) is 4.97. The first-order valence-corrected chi connectivity index (χ1v) is 9.06. The summed E-state index contributed by atoms with van der Waals surface area (Å²) in [5, 5.41) is 7.44. The molecule has 0 atom stereocenters. The Bertz CT molecular complexity index is 837. The van der Waals surface area contributed by atoms with Gasteiger partial charge in [-0.2, -0.15) is 5.10 Å². The van der Waals surface area contributed by atoms with E-state index in [9.17, 15) is 14.0 Å². The molecule has 1 aliphatic rings. The van der Waals surface area contributed by atoms with Crippen molar-refractivity contribution < 1.29 is 9.18 Å². The minimum absolute atomic E-state index is 0.159. The summed E-state index contributed by atoms with van der Waals surface area (Å²) >= 11 is 0. The Morgan fingerprint density at radius 1 is 1.12 bits per heavy atom. The van der Waals surface area contributed by atoms with E-state index < -0.39 is 5.54 Å². The van der Waals surface area contributed by atoms with Crippen LogP contribution in [-0.2, 0) is 10.3 Å². The lowest BCUT2D eigenvalue weighted by atomic mass is 9.94. The summed E-state index contributed by atoms with van der Waals surface area (Å²) < 4.78 is 14.3. The van der Waals surface area contributed by atoms with E-state index in [1.54, 1.807) is 32.0 Å². The van der Waals surface area contributed by atoms with E-state index in [2.05, 4.69) is 10.4 Å². The predicted octanol–water partition coefficient (Wildman–Crippen LogP) is 3.23. The van der Waals surface area contributed by atoms with E-state index in [-0.39, 0.29) is 23.3 Å². The number of nitrogens with zero attached hydrogens (tertiary/aromatic N) is 2. The lowest BCUT2D eigenvalue weighted by Gasteiger charge is -2.30. The summed E-state index contributed by atoms with van der Waals surface area (Å²) in [5.41, 5.74) is -0.267. The Morgan fingerprint density at radius 2 is 1.77 bits per heavy atom. The van der Waals surface area contributed by atoms with Crippen LogP contribution in [0.4, 0.5) is 4.39 Å². The van der Waals surface area contributed by atoms with Crippen molar-refractivity contribution in [3.05, 3.63) is 52.6 Å². The van der Waals surface area contributed by atoms with Gasteiger partial charge in [0, 0.05) is 17.7 Å². The fourth-order valence-corrected chi connectivity index (χ4v) is 3.29. The summed E-state index contributed by atoms with van der Waals surface area (Å²) in [6.07, 6.45) is 5.38. The topological polar surface area (TPSA) is 64.0 Å². The van der Waals surface area contributed by atoms with Gasteiger partial charge in [0.1, 0.15) is 11.4 Å². The smallest absolute Gasteiger partial charge is 0.267 e. The van der Waals surface area contributed by atoms with Crippen LogP contribution >= 0.6 is 0 Å². The summed E-state index contributed by atoms with van der Waals surface area (Å²) in [5.74, 6) is -0.551. The van der Waals surface area contributed by atoms with E-state index in [4.69, 9.17) is 0 Å². The summed E-state index contributed by atoms with van der Waals surface area (Å²) in [4.78, 5) is 25.2. The van der Waals surface area contributed by atoms with Crippen LogP contribution in [-0.4, -0.2) is 21.7 Å². The Hall–Kier alpha value is -2.50. The molecule has 6 heteroatoms. The van der Waals surface area contributed by atoms with Gasteiger partial charge < -0.3 is 5.32 Å². The monoisotopic (exact) mass is 357 g/mol. The van der Waals surface area contributed by atoms with E-state index in [1.807, 2.05) is 0 Å². The van der Waals surface area contributed by atoms with Gasteiger partial charge in [0.05, 0.1) is 5.69 Å². The average Bonchev–Trinajstić information content (AvgIpc) is 2.63. The second-order valence-electron chi connectivity index (χ2n) is 7.34. The van der Waals surface area contributed by atoms with Crippen molar-refractivity contribution in [3.63, 3.8) is 0 Å². The number of aromatic nitrogens is 2. The first kappa shape index (κ1) is 18.3. The lowest BCUT2D eigenvalue weighted by Crippen LogP contribution is -2.52. The Morgan fingerprint density at radius 3 is 2.42 bits per heavy atom. The molecule has 1 amide bonds. The zero-order valence-corrected chi connectivity index (χ0v) is 15.2. The molecule has 1 aromatic heterocycles. The van der Waals surface area contributed by atoms with Crippen molar-refractivity contribution in [1.82, 2.24) is 15.1 Å². The maximum atomic E-state index is 13.1. The highest BCUT2D eigenvalue weighted by Gasteiger charge is 2.33. The van der Waals surface area contributed by atoms with Crippen LogP contribution in [0.1, 0.15) is 46.0 Å². The minimum atomic E-state index is -1.12. The van der Waals surface area contributed by atoms with Gasteiger partial charge in [0.15, 0.2) is 0 Å². The van der Waals surface area contributed by atoms with Crippen LogP contribution in [0, 0.1) is 5.82 Å². The number of halogens is 1. The highest BCUT2D eigenvalue weighted by Crippen LogP contribution is 2.21. The number of amides is 1. The van der Waals surface area contributed by atoms with Crippen molar-refractivity contribution in [1.29, 1.82) is 0 Å². The van der Waals surface area contributed by atoms with Crippen LogP contribution in [0.3, 0.4) is 0 Å². The molecule has 1 aliphatic carbocycles. The molecular weight excluding hydrogens is 333 g/mol. The number of rotatable bonds is 4. The number of nitrogens with one attached hydrogen (secondary N) is 1. The third-order valence-corrected chi connectivity index (χ3v) is 4.97. The highest BCUT2D eigenvalue weighted by atomic mass is 19.1. The number of hydrogen-bond donors (Lipinski definition) is 1. The molecule has 1 N–H and O–H groups in total. The molecule has 1 aromatic carbocycles. The molecule has 0 radical (unpaired) electrons. The van der Waals surface area contributed by atoms with Gasteiger partial charge in [0.25, 0.3) is 5.56 Å². The number of benzene rings is 1. The van der Waals surface area contributed by atoms with Crippen LogP contribution in [0.15, 0.2) is 41.2 Å². The van der Waals surface area contributed by atoms with Crippen LogP contribution in [0.25, 0.3) is 11.3 Å². The van der Waals surface area contributed by atoms with Gasteiger partial charge in [-0.05, 0) is 57.0 Å². The van der Waals surface area contributed by atoms with Crippen molar-refractivity contribution in [3.8, 4) is 11.3 Å².